The number of allylic oxidation sites excluding steroid dienone is 1. The number of furan rings is 1. The normalized spacial score (nSPS) is 15.8. The second-order valence-corrected chi connectivity index (χ2v) is 8.77. The van der Waals surface area contributed by atoms with E-state index in [9.17, 15) is 9.59 Å². The number of rotatable bonds is 4. The number of fused-ring (bicyclic) bond motifs is 1. The first-order valence-electron chi connectivity index (χ1n) is 10.5. The van der Waals surface area contributed by atoms with Crippen molar-refractivity contribution in [3.05, 3.63) is 121 Å². The molecular formula is C26H21N3O3S. The summed E-state index contributed by atoms with van der Waals surface area (Å²) in [5.74, 6) is 0.903. The minimum atomic E-state index is -0.711. The first-order valence-corrected chi connectivity index (χ1v) is 11.3. The maximum absolute atomic E-state index is 13.5. The fourth-order valence-corrected chi connectivity index (χ4v) is 4.95. The predicted molar refractivity (Wildman–Crippen MR) is 129 cm³/mol. The highest BCUT2D eigenvalue weighted by Crippen LogP contribution is 2.31. The van der Waals surface area contributed by atoms with Crippen molar-refractivity contribution < 1.29 is 9.21 Å². The van der Waals surface area contributed by atoms with E-state index >= 15 is 0 Å². The van der Waals surface area contributed by atoms with Gasteiger partial charge in [0.1, 0.15) is 17.6 Å². The van der Waals surface area contributed by atoms with E-state index in [1.54, 1.807) is 11.5 Å². The van der Waals surface area contributed by atoms with Gasteiger partial charge in [-0.3, -0.25) is 14.2 Å². The van der Waals surface area contributed by atoms with E-state index < -0.39 is 6.04 Å². The molecule has 2 aromatic heterocycles. The van der Waals surface area contributed by atoms with Crippen LogP contribution >= 0.6 is 11.3 Å². The Morgan fingerprint density at radius 2 is 1.73 bits per heavy atom. The molecular weight excluding hydrogens is 434 g/mol. The Morgan fingerprint density at radius 1 is 1.03 bits per heavy atom. The average Bonchev–Trinajstić information content (AvgIpc) is 3.37. The topological polar surface area (TPSA) is 76.6 Å². The van der Waals surface area contributed by atoms with Gasteiger partial charge in [-0.15, -0.1) is 0 Å². The number of carbonyl (C=O) groups is 1. The molecule has 1 N–H and O–H groups in total. The van der Waals surface area contributed by atoms with Crippen LogP contribution in [0.5, 0.6) is 0 Å². The summed E-state index contributed by atoms with van der Waals surface area (Å²) in [5.41, 5.74) is 2.31. The zero-order valence-corrected chi connectivity index (χ0v) is 18.9. The zero-order valence-electron chi connectivity index (χ0n) is 18.1. The molecule has 33 heavy (non-hydrogen) atoms. The number of aryl methyl sites for hydroxylation is 1. The summed E-state index contributed by atoms with van der Waals surface area (Å²) in [6.45, 7) is 3.62. The molecule has 1 amide bonds. The van der Waals surface area contributed by atoms with Gasteiger partial charge in [-0.2, -0.15) is 0 Å². The standard InChI is InChI=1S/C26H21N3O3S/c1-16-13-14-20(32-16)23-22(24(30)28-19-11-7-4-8-12-19)17(2)27-26-29(23)25(31)21(33-26)15-18-9-5-3-6-10-18/h3-15,23H,1-2H3,(H,28,30)/b21-15-/t23-/m1/s1. The third-order valence-electron chi connectivity index (χ3n) is 5.43. The van der Waals surface area contributed by atoms with Gasteiger partial charge in [-0.05, 0) is 49.8 Å². The van der Waals surface area contributed by atoms with Crippen LogP contribution in [0.2, 0.25) is 0 Å². The zero-order chi connectivity index (χ0) is 22.9. The first kappa shape index (κ1) is 20.9. The van der Waals surface area contributed by atoms with Gasteiger partial charge < -0.3 is 9.73 Å². The number of aromatic nitrogens is 1. The Morgan fingerprint density at radius 3 is 2.39 bits per heavy atom. The van der Waals surface area contributed by atoms with Crippen molar-refractivity contribution in [2.24, 2.45) is 4.99 Å². The SMILES string of the molecule is CC1=C(C(=O)Nc2ccccc2)[C@@H](c2ccc(C)o2)n2c(s/c(=C\c3ccccc3)c2=O)=N1. The summed E-state index contributed by atoms with van der Waals surface area (Å²) in [7, 11) is 0. The lowest BCUT2D eigenvalue weighted by atomic mass is 10.00. The molecule has 164 valence electrons. The molecule has 6 nitrogen and oxygen atoms in total. The van der Waals surface area contributed by atoms with Crippen LogP contribution in [0, 0.1) is 6.92 Å². The van der Waals surface area contributed by atoms with Gasteiger partial charge in [-0.1, -0.05) is 59.9 Å². The molecule has 0 radical (unpaired) electrons. The van der Waals surface area contributed by atoms with Gasteiger partial charge in [0.2, 0.25) is 0 Å². The maximum Gasteiger partial charge on any atom is 0.271 e. The highest BCUT2D eigenvalue weighted by Gasteiger charge is 2.34. The van der Waals surface area contributed by atoms with Crippen molar-refractivity contribution >= 4 is 29.0 Å². The molecule has 0 saturated carbocycles. The second kappa shape index (κ2) is 8.52. The van der Waals surface area contributed by atoms with Crippen LogP contribution in [0.3, 0.4) is 0 Å². The van der Waals surface area contributed by atoms with Gasteiger partial charge in [0.15, 0.2) is 4.80 Å². The van der Waals surface area contributed by atoms with Crippen molar-refractivity contribution in [1.82, 2.24) is 4.57 Å². The molecule has 0 fully saturated rings. The first-order chi connectivity index (χ1) is 16.0. The Balaban J connectivity index is 1.67. The monoisotopic (exact) mass is 455 g/mol. The molecule has 2 aromatic carbocycles. The summed E-state index contributed by atoms with van der Waals surface area (Å²) in [6.07, 6.45) is 1.84. The van der Waals surface area contributed by atoms with Crippen molar-refractivity contribution in [2.75, 3.05) is 5.32 Å². The van der Waals surface area contributed by atoms with Crippen LogP contribution in [0.4, 0.5) is 5.69 Å². The number of amides is 1. The number of benzene rings is 2. The van der Waals surface area contributed by atoms with Gasteiger partial charge in [-0.25, -0.2) is 4.99 Å². The molecule has 0 saturated heterocycles. The van der Waals surface area contributed by atoms with Crippen LogP contribution in [0.15, 0.2) is 98.3 Å². The molecule has 0 aliphatic carbocycles. The smallest absolute Gasteiger partial charge is 0.271 e. The third-order valence-corrected chi connectivity index (χ3v) is 6.41. The largest absolute Gasteiger partial charge is 0.464 e. The van der Waals surface area contributed by atoms with E-state index in [2.05, 4.69) is 10.3 Å². The third kappa shape index (κ3) is 3.99. The molecule has 0 unspecified atom stereocenters. The minimum Gasteiger partial charge on any atom is -0.464 e. The van der Waals surface area contributed by atoms with Gasteiger partial charge in [0.05, 0.1) is 15.8 Å². The maximum atomic E-state index is 13.5. The number of nitrogens with zero attached hydrogens (tertiary/aromatic N) is 2. The van der Waals surface area contributed by atoms with Crippen molar-refractivity contribution in [3.63, 3.8) is 0 Å². The fraction of sp³-hybridized carbons (Fsp3) is 0.115. The summed E-state index contributed by atoms with van der Waals surface area (Å²) in [5, 5.41) is 2.93. The van der Waals surface area contributed by atoms with Crippen LogP contribution in [-0.4, -0.2) is 10.5 Å². The van der Waals surface area contributed by atoms with E-state index in [4.69, 9.17) is 4.42 Å². The van der Waals surface area contributed by atoms with Gasteiger partial charge in [0, 0.05) is 5.69 Å². The van der Waals surface area contributed by atoms with Gasteiger partial charge >= 0.3 is 0 Å². The average molecular weight is 456 g/mol. The van der Waals surface area contributed by atoms with E-state index in [1.807, 2.05) is 85.8 Å². The highest BCUT2D eigenvalue weighted by atomic mass is 32.1. The van der Waals surface area contributed by atoms with Crippen LogP contribution in [-0.2, 0) is 4.79 Å². The number of anilines is 1. The molecule has 1 atom stereocenters. The Bertz CT molecular complexity index is 1540. The Hall–Kier alpha value is -3.97. The van der Waals surface area contributed by atoms with Gasteiger partial charge in [0.25, 0.3) is 11.5 Å². The lowest BCUT2D eigenvalue weighted by Gasteiger charge is -2.23. The van der Waals surface area contributed by atoms with Crippen LogP contribution < -0.4 is 20.2 Å². The Kier molecular flexibility index (Phi) is 5.40. The molecule has 1 aliphatic heterocycles. The van der Waals surface area contributed by atoms with Crippen molar-refractivity contribution in [1.29, 1.82) is 0 Å². The van der Waals surface area contributed by atoms with Crippen LogP contribution in [0.1, 0.15) is 30.0 Å². The number of nitrogens with one attached hydrogen (secondary N) is 1. The number of hydrogen-bond acceptors (Lipinski definition) is 5. The lowest BCUT2D eigenvalue weighted by molar-refractivity contribution is -0.113. The molecule has 1 aliphatic rings. The van der Waals surface area contributed by atoms with E-state index in [0.717, 1.165) is 5.56 Å². The van der Waals surface area contributed by atoms with Crippen LogP contribution in [0.25, 0.3) is 6.08 Å². The van der Waals surface area contributed by atoms with Crippen molar-refractivity contribution in [2.45, 2.75) is 19.9 Å². The van der Waals surface area contributed by atoms with Crippen molar-refractivity contribution in [3.8, 4) is 0 Å². The number of para-hydroxylation sites is 1. The molecule has 5 rings (SSSR count). The predicted octanol–water partition coefficient (Wildman–Crippen LogP) is 3.78. The second-order valence-electron chi connectivity index (χ2n) is 7.76. The summed E-state index contributed by atoms with van der Waals surface area (Å²) >= 11 is 1.30. The number of thiazole rings is 1. The van der Waals surface area contributed by atoms with E-state index in [0.29, 0.717) is 37.8 Å². The lowest BCUT2D eigenvalue weighted by Crippen LogP contribution is -2.40. The fourth-order valence-electron chi connectivity index (χ4n) is 3.90. The number of carbonyl (C=O) groups excluding carboxylic acids is 1. The molecule has 7 heteroatoms. The van der Waals surface area contributed by atoms with E-state index in [-0.39, 0.29) is 11.5 Å². The Labute approximate surface area is 193 Å². The highest BCUT2D eigenvalue weighted by molar-refractivity contribution is 7.07. The summed E-state index contributed by atoms with van der Waals surface area (Å²) < 4.78 is 8.03. The summed E-state index contributed by atoms with van der Waals surface area (Å²) in [6, 6.07) is 21.8. The molecule has 0 spiro atoms. The molecule has 0 bridgehead atoms. The summed E-state index contributed by atoms with van der Waals surface area (Å²) in [4.78, 5) is 32.1. The van der Waals surface area contributed by atoms with E-state index in [1.165, 1.54) is 11.3 Å². The quantitative estimate of drug-likeness (QED) is 0.509. The molecule has 3 heterocycles. The number of hydrogen-bond donors (Lipinski definition) is 1. The minimum absolute atomic E-state index is 0.209. The molecule has 4 aromatic rings.